The van der Waals surface area contributed by atoms with Gasteiger partial charge in [-0.15, -0.1) is 11.8 Å². The minimum atomic E-state index is 0.746. The van der Waals surface area contributed by atoms with E-state index in [1.807, 2.05) is 22.6 Å². The van der Waals surface area contributed by atoms with Crippen LogP contribution in [0.2, 0.25) is 0 Å². The number of ether oxygens (including phenoxy) is 1. The molecule has 0 fully saturated rings. The molecular weight excluding hydrogens is 282 g/mol. The zero-order valence-electron chi connectivity index (χ0n) is 12.7. The van der Waals surface area contributed by atoms with E-state index in [1.165, 1.54) is 16.0 Å². The summed E-state index contributed by atoms with van der Waals surface area (Å²) in [6.45, 7) is 5.53. The summed E-state index contributed by atoms with van der Waals surface area (Å²) in [5, 5.41) is 7.67. The van der Waals surface area contributed by atoms with Gasteiger partial charge in [-0.05, 0) is 24.6 Å². The lowest BCUT2D eigenvalue weighted by molar-refractivity contribution is 0.199. The highest BCUT2D eigenvalue weighted by Crippen LogP contribution is 2.23. The predicted molar refractivity (Wildman–Crippen MR) is 87.5 cm³/mol. The number of nitrogens with zero attached hydrogens (tertiary/aromatic N) is 2. The van der Waals surface area contributed by atoms with Crippen molar-refractivity contribution in [2.24, 2.45) is 0 Å². The van der Waals surface area contributed by atoms with Crippen LogP contribution in [0.15, 0.2) is 41.6 Å². The van der Waals surface area contributed by atoms with Gasteiger partial charge in [-0.3, -0.25) is 4.68 Å². The molecule has 0 amide bonds. The molecule has 1 N–H and O–H groups in total. The van der Waals surface area contributed by atoms with Crippen LogP contribution in [0.4, 0.5) is 0 Å². The molecule has 2 rings (SSSR count). The number of aromatic nitrogens is 2. The second kappa shape index (κ2) is 8.87. The fourth-order valence-electron chi connectivity index (χ4n) is 1.97. The van der Waals surface area contributed by atoms with Crippen LogP contribution in [0, 0.1) is 0 Å². The summed E-state index contributed by atoms with van der Waals surface area (Å²) < 4.78 is 6.99. The zero-order chi connectivity index (χ0) is 14.9. The molecule has 0 spiro atoms. The number of aryl methyl sites for hydroxylation is 1. The second-order valence-electron chi connectivity index (χ2n) is 4.81. The molecule has 0 aliphatic rings. The van der Waals surface area contributed by atoms with Crippen molar-refractivity contribution in [3.63, 3.8) is 0 Å². The predicted octanol–water partition coefficient (Wildman–Crippen LogP) is 2.93. The van der Waals surface area contributed by atoms with Crippen molar-refractivity contribution in [2.45, 2.75) is 30.7 Å². The van der Waals surface area contributed by atoms with E-state index in [1.54, 1.807) is 7.11 Å². The first-order chi connectivity index (χ1) is 10.3. The molecule has 4 nitrogen and oxygen atoms in total. The maximum atomic E-state index is 5.03. The Morgan fingerprint density at radius 2 is 2.24 bits per heavy atom. The Hall–Kier alpha value is -1.30. The van der Waals surface area contributed by atoms with E-state index in [0.717, 1.165) is 32.0 Å². The largest absolute Gasteiger partial charge is 0.383 e. The first-order valence-electron chi connectivity index (χ1n) is 7.24. The van der Waals surface area contributed by atoms with Gasteiger partial charge < -0.3 is 10.1 Å². The maximum Gasteiger partial charge on any atom is 0.0587 e. The number of hydrogen-bond donors (Lipinski definition) is 1. The van der Waals surface area contributed by atoms with Gasteiger partial charge in [-0.25, -0.2) is 0 Å². The molecule has 0 saturated heterocycles. The highest BCUT2D eigenvalue weighted by molar-refractivity contribution is 7.98. The molecule has 0 radical (unpaired) electrons. The highest BCUT2D eigenvalue weighted by Gasteiger charge is 2.01. The Morgan fingerprint density at radius 3 is 3.00 bits per heavy atom. The molecule has 0 aliphatic heterocycles. The lowest BCUT2D eigenvalue weighted by Crippen LogP contribution is -2.18. The number of thioether (sulfide) groups is 1. The van der Waals surface area contributed by atoms with Gasteiger partial charge >= 0.3 is 0 Å². The van der Waals surface area contributed by atoms with E-state index in [4.69, 9.17) is 4.74 Å². The summed E-state index contributed by atoms with van der Waals surface area (Å²) in [5.41, 5.74) is 2.57. The molecule has 1 aromatic heterocycles. The SMILES string of the molecule is CCn1cc(CSc2cccc(CNCCOC)c2)cn1. The lowest BCUT2D eigenvalue weighted by atomic mass is 10.2. The maximum absolute atomic E-state index is 5.03. The molecule has 1 heterocycles. The number of nitrogens with one attached hydrogen (secondary N) is 1. The molecule has 0 saturated carbocycles. The van der Waals surface area contributed by atoms with Crippen molar-refractivity contribution in [3.05, 3.63) is 47.8 Å². The molecule has 5 heteroatoms. The van der Waals surface area contributed by atoms with Crippen LogP contribution in [0.3, 0.4) is 0 Å². The Kier molecular flexibility index (Phi) is 6.79. The highest BCUT2D eigenvalue weighted by atomic mass is 32.2. The van der Waals surface area contributed by atoms with Crippen molar-refractivity contribution in [1.82, 2.24) is 15.1 Å². The van der Waals surface area contributed by atoms with E-state index in [2.05, 4.69) is 47.8 Å². The van der Waals surface area contributed by atoms with E-state index in [0.29, 0.717) is 0 Å². The van der Waals surface area contributed by atoms with Crippen LogP contribution < -0.4 is 5.32 Å². The van der Waals surface area contributed by atoms with Crippen LogP contribution in [0.1, 0.15) is 18.1 Å². The molecular formula is C16H23N3OS. The van der Waals surface area contributed by atoms with Gasteiger partial charge in [0.1, 0.15) is 0 Å². The third-order valence-corrected chi connectivity index (χ3v) is 4.19. The summed E-state index contributed by atoms with van der Waals surface area (Å²) in [5.74, 6) is 0.959. The van der Waals surface area contributed by atoms with Crippen LogP contribution in [-0.4, -0.2) is 30.0 Å². The molecule has 1 aromatic carbocycles. The minimum absolute atomic E-state index is 0.746. The van der Waals surface area contributed by atoms with Crippen LogP contribution in [0.5, 0.6) is 0 Å². The van der Waals surface area contributed by atoms with E-state index in [9.17, 15) is 0 Å². The summed E-state index contributed by atoms with van der Waals surface area (Å²) in [6.07, 6.45) is 4.07. The fraction of sp³-hybridized carbons (Fsp3) is 0.438. The molecule has 0 atom stereocenters. The number of hydrogen-bond acceptors (Lipinski definition) is 4. The minimum Gasteiger partial charge on any atom is -0.383 e. The molecule has 0 aliphatic carbocycles. The summed E-state index contributed by atoms with van der Waals surface area (Å²) >= 11 is 1.85. The van der Waals surface area contributed by atoms with E-state index < -0.39 is 0 Å². The fourth-order valence-corrected chi connectivity index (χ4v) is 2.86. The Balaban J connectivity index is 1.82. The van der Waals surface area contributed by atoms with Crippen molar-refractivity contribution in [3.8, 4) is 0 Å². The second-order valence-corrected chi connectivity index (χ2v) is 5.86. The third-order valence-electron chi connectivity index (χ3n) is 3.13. The summed E-state index contributed by atoms with van der Waals surface area (Å²) in [4.78, 5) is 1.30. The Labute approximate surface area is 130 Å². The lowest BCUT2D eigenvalue weighted by Gasteiger charge is -2.06. The molecule has 21 heavy (non-hydrogen) atoms. The van der Waals surface area contributed by atoms with Crippen LogP contribution in [0.25, 0.3) is 0 Å². The van der Waals surface area contributed by atoms with Gasteiger partial charge in [0, 0.05) is 49.2 Å². The van der Waals surface area contributed by atoms with Crippen molar-refractivity contribution in [1.29, 1.82) is 0 Å². The van der Waals surface area contributed by atoms with Gasteiger partial charge in [-0.1, -0.05) is 12.1 Å². The topological polar surface area (TPSA) is 39.1 Å². The van der Waals surface area contributed by atoms with Gasteiger partial charge in [0.2, 0.25) is 0 Å². The summed E-state index contributed by atoms with van der Waals surface area (Å²) in [7, 11) is 1.72. The normalized spacial score (nSPS) is 11.0. The molecule has 0 bridgehead atoms. The summed E-state index contributed by atoms with van der Waals surface area (Å²) in [6, 6.07) is 8.67. The monoisotopic (exact) mass is 305 g/mol. The molecule has 114 valence electrons. The average molecular weight is 305 g/mol. The van der Waals surface area contributed by atoms with Gasteiger partial charge in [0.05, 0.1) is 12.8 Å². The third kappa shape index (κ3) is 5.53. The van der Waals surface area contributed by atoms with E-state index in [-0.39, 0.29) is 0 Å². The quantitative estimate of drug-likeness (QED) is 0.571. The number of rotatable bonds is 9. The van der Waals surface area contributed by atoms with E-state index >= 15 is 0 Å². The zero-order valence-corrected chi connectivity index (χ0v) is 13.5. The van der Waals surface area contributed by atoms with Crippen LogP contribution >= 0.6 is 11.8 Å². The first-order valence-corrected chi connectivity index (χ1v) is 8.23. The molecule has 0 unspecified atom stereocenters. The number of benzene rings is 1. The van der Waals surface area contributed by atoms with Crippen molar-refractivity contribution >= 4 is 11.8 Å². The standard InChI is InChI=1S/C16H23N3OS/c1-3-19-12-15(11-18-19)13-21-16-6-4-5-14(9-16)10-17-7-8-20-2/h4-6,9,11-12,17H,3,7-8,10,13H2,1-2H3. The van der Waals surface area contributed by atoms with Gasteiger partial charge in [0.15, 0.2) is 0 Å². The van der Waals surface area contributed by atoms with Crippen molar-refractivity contribution in [2.75, 3.05) is 20.3 Å². The van der Waals surface area contributed by atoms with Crippen molar-refractivity contribution < 1.29 is 4.74 Å². The van der Waals surface area contributed by atoms with Gasteiger partial charge in [-0.2, -0.15) is 5.10 Å². The average Bonchev–Trinajstić information content (AvgIpc) is 2.98. The van der Waals surface area contributed by atoms with Gasteiger partial charge in [0.25, 0.3) is 0 Å². The Morgan fingerprint density at radius 1 is 1.33 bits per heavy atom. The first kappa shape index (κ1) is 16.1. The van der Waals surface area contributed by atoms with Crippen LogP contribution in [-0.2, 0) is 23.6 Å². The molecule has 2 aromatic rings. The smallest absolute Gasteiger partial charge is 0.0587 e. The Bertz CT molecular complexity index is 542. The number of methoxy groups -OCH3 is 1.